The molecule has 0 amide bonds. The van der Waals surface area contributed by atoms with Crippen LogP contribution in [0, 0.1) is 6.92 Å². The van der Waals surface area contributed by atoms with Gasteiger partial charge in [0.1, 0.15) is 5.82 Å². The topological polar surface area (TPSA) is 126 Å². The largest absolute Gasteiger partial charge is 0.481 e. The molecule has 1 aromatic rings. The molecule has 3 N–H and O–H groups in total. The lowest BCUT2D eigenvalue weighted by atomic mass is 10.5. The van der Waals surface area contributed by atoms with E-state index in [0.717, 1.165) is 17.5 Å². The molecule has 102 valence electrons. The van der Waals surface area contributed by atoms with Gasteiger partial charge < -0.3 is 10.8 Å². The molecule has 0 spiro atoms. The van der Waals surface area contributed by atoms with Gasteiger partial charge in [-0.1, -0.05) is 0 Å². The van der Waals surface area contributed by atoms with Gasteiger partial charge in [-0.25, -0.2) is 18.4 Å². The Morgan fingerprint density at radius 1 is 1.50 bits per heavy atom. The van der Waals surface area contributed by atoms with Crippen molar-refractivity contribution in [1.82, 2.24) is 9.97 Å². The van der Waals surface area contributed by atoms with Crippen molar-refractivity contribution in [2.45, 2.75) is 13.8 Å². The van der Waals surface area contributed by atoms with Crippen LogP contribution in [-0.4, -0.2) is 42.8 Å². The smallest absolute Gasteiger partial charge is 0.300 e. The van der Waals surface area contributed by atoms with Gasteiger partial charge in [-0.15, -0.1) is 0 Å². The Bertz CT molecular complexity index is 525. The second-order valence-corrected chi connectivity index (χ2v) is 5.46. The number of aromatic nitrogens is 2. The third kappa shape index (κ3) is 5.43. The number of carbonyl (C=O) groups is 1. The van der Waals surface area contributed by atoms with Crippen molar-refractivity contribution in [3.63, 3.8) is 0 Å². The average molecular weight is 276 g/mol. The van der Waals surface area contributed by atoms with Crippen molar-refractivity contribution in [2.75, 3.05) is 23.3 Å². The summed E-state index contributed by atoms with van der Waals surface area (Å²) in [7, 11) is -1.94. The van der Waals surface area contributed by atoms with Gasteiger partial charge in [-0.3, -0.25) is 9.10 Å². The predicted octanol–water partition coefficient (Wildman–Crippen LogP) is -0.146. The highest BCUT2D eigenvalue weighted by Gasteiger charge is 2.16. The summed E-state index contributed by atoms with van der Waals surface area (Å²) in [5.74, 6) is -0.148. The number of carboxylic acids is 1. The summed E-state index contributed by atoms with van der Waals surface area (Å²) in [6.07, 6.45) is 2.48. The normalized spacial score (nSPS) is 10.2. The number of nitrogen functional groups attached to an aromatic ring is 1. The minimum atomic E-state index is -3.33. The van der Waals surface area contributed by atoms with Crippen molar-refractivity contribution < 1.29 is 18.3 Å². The summed E-state index contributed by atoms with van der Waals surface area (Å²) in [5, 5.41) is 7.42. The highest BCUT2D eigenvalue weighted by molar-refractivity contribution is 7.92. The quantitative estimate of drug-likeness (QED) is 0.769. The van der Waals surface area contributed by atoms with Crippen molar-refractivity contribution in [3.05, 3.63) is 12.0 Å². The van der Waals surface area contributed by atoms with Crippen LogP contribution < -0.4 is 10.0 Å². The van der Waals surface area contributed by atoms with Crippen molar-refractivity contribution in [3.8, 4) is 0 Å². The van der Waals surface area contributed by atoms with Crippen LogP contribution in [0.2, 0.25) is 0 Å². The van der Waals surface area contributed by atoms with Crippen molar-refractivity contribution in [2.24, 2.45) is 0 Å². The SMILES string of the molecule is CC(=O)O.Cc1ncc(N)c(N(C)S(C)(=O)=O)n1. The van der Waals surface area contributed by atoms with Crippen LogP contribution >= 0.6 is 0 Å². The second-order valence-electron chi connectivity index (χ2n) is 3.45. The van der Waals surface area contributed by atoms with Crippen LogP contribution in [0.15, 0.2) is 6.20 Å². The summed E-state index contributed by atoms with van der Waals surface area (Å²) in [6, 6.07) is 0. The van der Waals surface area contributed by atoms with Gasteiger partial charge in [0.05, 0.1) is 18.1 Å². The van der Waals surface area contributed by atoms with Gasteiger partial charge in [0.15, 0.2) is 5.82 Å². The lowest BCUT2D eigenvalue weighted by Gasteiger charge is -2.16. The number of hydrogen-bond acceptors (Lipinski definition) is 6. The van der Waals surface area contributed by atoms with Crippen molar-refractivity contribution >= 4 is 27.5 Å². The van der Waals surface area contributed by atoms with Crippen LogP contribution in [0.4, 0.5) is 11.5 Å². The van der Waals surface area contributed by atoms with Crippen LogP contribution in [0.1, 0.15) is 12.7 Å². The Labute approximate surface area is 106 Å². The zero-order chi connectivity index (χ0) is 14.5. The van der Waals surface area contributed by atoms with E-state index >= 15 is 0 Å². The predicted molar refractivity (Wildman–Crippen MR) is 67.7 cm³/mol. The fraction of sp³-hybridized carbons (Fsp3) is 0.444. The second kappa shape index (κ2) is 6.15. The number of aliphatic carboxylic acids is 1. The molecule has 9 heteroatoms. The van der Waals surface area contributed by atoms with Crippen LogP contribution in [0.25, 0.3) is 0 Å². The van der Waals surface area contributed by atoms with E-state index in [1.807, 2.05) is 0 Å². The summed E-state index contributed by atoms with van der Waals surface area (Å²) in [6.45, 7) is 2.75. The van der Waals surface area contributed by atoms with Crippen LogP contribution in [0.5, 0.6) is 0 Å². The number of nitrogens with two attached hydrogens (primary N) is 1. The maximum Gasteiger partial charge on any atom is 0.300 e. The monoisotopic (exact) mass is 276 g/mol. The van der Waals surface area contributed by atoms with E-state index < -0.39 is 16.0 Å². The highest BCUT2D eigenvalue weighted by Crippen LogP contribution is 2.19. The Hall–Kier alpha value is -1.90. The van der Waals surface area contributed by atoms with E-state index in [2.05, 4.69) is 9.97 Å². The molecule has 1 heterocycles. The third-order valence-corrected chi connectivity index (χ3v) is 2.88. The molecule has 0 aromatic carbocycles. The molecule has 18 heavy (non-hydrogen) atoms. The van der Waals surface area contributed by atoms with Gasteiger partial charge in [0, 0.05) is 14.0 Å². The molecule has 0 aliphatic heterocycles. The first-order valence-corrected chi connectivity index (χ1v) is 6.63. The molecule has 0 unspecified atom stereocenters. The standard InChI is InChI=1S/C7H12N4O2S.C2H4O2/c1-5-9-4-6(8)7(10-5)11(2)14(3,12)13;1-2(3)4/h4H,8H2,1-3H3;1H3,(H,3,4). The molecule has 0 bridgehead atoms. The highest BCUT2D eigenvalue weighted by atomic mass is 32.2. The van der Waals surface area contributed by atoms with Gasteiger partial charge >= 0.3 is 0 Å². The number of anilines is 2. The Kier molecular flexibility index (Phi) is 5.50. The molecular formula is C9H16N4O4S. The Balaban J connectivity index is 0.000000631. The fourth-order valence-corrected chi connectivity index (χ4v) is 1.34. The Morgan fingerprint density at radius 2 is 1.94 bits per heavy atom. The number of nitrogens with zero attached hydrogens (tertiary/aromatic N) is 3. The van der Waals surface area contributed by atoms with Gasteiger partial charge in [-0.2, -0.15) is 0 Å². The number of aryl methyl sites for hydroxylation is 1. The molecule has 1 rings (SSSR count). The summed E-state index contributed by atoms with van der Waals surface area (Å²) in [4.78, 5) is 16.8. The molecule has 0 saturated heterocycles. The molecule has 0 aliphatic carbocycles. The number of hydrogen-bond donors (Lipinski definition) is 2. The molecule has 0 atom stereocenters. The lowest BCUT2D eigenvalue weighted by molar-refractivity contribution is -0.134. The minimum absolute atomic E-state index is 0.208. The van der Waals surface area contributed by atoms with Gasteiger partial charge in [0.2, 0.25) is 10.0 Å². The molecule has 1 aromatic heterocycles. The van der Waals surface area contributed by atoms with Crippen molar-refractivity contribution in [1.29, 1.82) is 0 Å². The molecule has 0 aliphatic rings. The van der Waals surface area contributed by atoms with Crippen LogP contribution in [0.3, 0.4) is 0 Å². The lowest BCUT2D eigenvalue weighted by Crippen LogP contribution is -2.27. The van der Waals surface area contributed by atoms with E-state index in [0.29, 0.717) is 5.82 Å². The summed E-state index contributed by atoms with van der Waals surface area (Å²) >= 11 is 0. The molecular weight excluding hydrogens is 260 g/mol. The van der Waals surface area contributed by atoms with E-state index in [1.54, 1.807) is 6.92 Å². The maximum atomic E-state index is 11.2. The van der Waals surface area contributed by atoms with Crippen LogP contribution in [-0.2, 0) is 14.8 Å². The molecule has 0 fully saturated rings. The molecule has 0 saturated carbocycles. The van der Waals surface area contributed by atoms with Gasteiger partial charge in [-0.05, 0) is 6.92 Å². The summed E-state index contributed by atoms with van der Waals surface area (Å²) < 4.78 is 23.4. The first-order chi connectivity index (χ1) is 8.05. The molecule has 8 nitrogen and oxygen atoms in total. The zero-order valence-corrected chi connectivity index (χ0v) is 11.4. The van der Waals surface area contributed by atoms with E-state index in [4.69, 9.17) is 15.6 Å². The number of sulfonamides is 1. The third-order valence-electron chi connectivity index (χ3n) is 1.71. The van der Waals surface area contributed by atoms with E-state index in [1.165, 1.54) is 13.2 Å². The van der Waals surface area contributed by atoms with E-state index in [9.17, 15) is 8.42 Å². The maximum absolute atomic E-state index is 11.2. The van der Waals surface area contributed by atoms with E-state index in [-0.39, 0.29) is 11.5 Å². The summed E-state index contributed by atoms with van der Waals surface area (Å²) in [5.41, 5.74) is 5.80. The zero-order valence-electron chi connectivity index (χ0n) is 10.6. The minimum Gasteiger partial charge on any atom is -0.481 e. The first kappa shape index (κ1) is 16.1. The molecule has 0 radical (unpaired) electrons. The number of carboxylic acid groups (broad SMARTS) is 1. The fourth-order valence-electron chi connectivity index (χ4n) is 0.877. The van der Waals surface area contributed by atoms with Gasteiger partial charge in [0.25, 0.3) is 5.97 Å². The Morgan fingerprint density at radius 3 is 2.33 bits per heavy atom. The number of rotatable bonds is 2. The average Bonchev–Trinajstić information content (AvgIpc) is 2.18. The first-order valence-electron chi connectivity index (χ1n) is 4.78.